The fourth-order valence-electron chi connectivity index (χ4n) is 5.27. The number of aliphatic hydroxyl groups excluding tert-OH is 5. The van der Waals surface area contributed by atoms with Gasteiger partial charge in [-0.05, 0) is 6.92 Å². The van der Waals surface area contributed by atoms with E-state index in [4.69, 9.17) is 15.6 Å². The van der Waals surface area contributed by atoms with E-state index in [-0.39, 0.29) is 24.8 Å². The van der Waals surface area contributed by atoms with E-state index in [1.54, 1.807) is 66.0 Å². The molecule has 13 unspecified atom stereocenters. The van der Waals surface area contributed by atoms with E-state index in [2.05, 4.69) is 6.58 Å². The molecular formula is C32H56N2O10. The number of hydrogen-bond acceptors (Lipinski definition) is 9. The number of aliphatic hydroxyl groups is 5. The summed E-state index contributed by atoms with van der Waals surface area (Å²) < 4.78 is 5.27. The summed E-state index contributed by atoms with van der Waals surface area (Å²) in [6.07, 6.45) is 0.509. The first kappa shape index (κ1) is 41.2. The molecule has 12 nitrogen and oxygen atoms in total. The van der Waals surface area contributed by atoms with Crippen LogP contribution in [0, 0.1) is 41.4 Å². The molecule has 0 rings (SSSR count). The topological polar surface area (TPSA) is 211 Å². The first-order chi connectivity index (χ1) is 20.3. The summed E-state index contributed by atoms with van der Waals surface area (Å²) in [4.78, 5) is 37.2. The average Bonchev–Trinajstić information content (AvgIpc) is 2.97. The third kappa shape index (κ3) is 13.1. The normalized spacial score (nSPS) is 21.1. The number of carboxylic acids is 1. The lowest BCUT2D eigenvalue weighted by Crippen LogP contribution is -2.47. The lowest BCUT2D eigenvalue weighted by Gasteiger charge is -2.35. The van der Waals surface area contributed by atoms with Crippen LogP contribution >= 0.6 is 0 Å². The molecule has 0 aromatic carbocycles. The minimum Gasteiger partial charge on any atom is -0.481 e. The minimum atomic E-state index is -1.29. The Hall–Kier alpha value is -2.77. The molecule has 254 valence electrons. The van der Waals surface area contributed by atoms with Crippen LogP contribution in [0.1, 0.15) is 54.9 Å². The first-order valence-corrected chi connectivity index (χ1v) is 15.1. The van der Waals surface area contributed by atoms with Gasteiger partial charge in [-0.25, -0.2) is 4.79 Å². The van der Waals surface area contributed by atoms with Crippen LogP contribution in [0.3, 0.4) is 0 Å². The fraction of sp³-hybridized carbons (Fsp3) is 0.719. The lowest BCUT2D eigenvalue weighted by molar-refractivity contribution is -0.147. The quantitative estimate of drug-likeness (QED) is 0.0769. The van der Waals surface area contributed by atoms with Gasteiger partial charge >= 0.3 is 12.1 Å². The molecule has 0 aliphatic heterocycles. The number of amides is 2. The molecule has 0 fully saturated rings. The van der Waals surface area contributed by atoms with E-state index in [0.29, 0.717) is 0 Å². The van der Waals surface area contributed by atoms with Crippen LogP contribution in [0.25, 0.3) is 0 Å². The molecule has 0 aliphatic rings. The zero-order valence-electron chi connectivity index (χ0n) is 27.4. The number of allylic oxidation sites excluding steroid dienone is 2. The molecule has 0 spiro atoms. The van der Waals surface area contributed by atoms with Gasteiger partial charge in [0.15, 0.2) is 0 Å². The van der Waals surface area contributed by atoms with Crippen LogP contribution < -0.4 is 5.73 Å². The second kappa shape index (κ2) is 19.6. The number of hydrogen-bond donors (Lipinski definition) is 7. The Morgan fingerprint density at radius 2 is 1.36 bits per heavy atom. The number of nitrogens with two attached hydrogens (primary N) is 1. The standard InChI is InChI=1S/C32H56N2O10/c1-10-11-12-18(3)29(44-32(33)43)21(6)28(39)22(7)30(40)34(9)16-19(4)26(37)17(2)13-14-24(35)15-25(36)20(5)27(38)23(8)31(41)42/h10-14,17-29,35-39H,1,15-16H2,2-9H3,(H2,33,43)(H,41,42)/b12-11+,14-13+. The van der Waals surface area contributed by atoms with Crippen LogP contribution in [-0.2, 0) is 14.3 Å². The Kier molecular flexibility index (Phi) is 18.3. The molecular weight excluding hydrogens is 572 g/mol. The zero-order valence-corrected chi connectivity index (χ0v) is 27.4. The molecule has 0 saturated heterocycles. The van der Waals surface area contributed by atoms with E-state index in [9.17, 15) is 39.9 Å². The lowest BCUT2D eigenvalue weighted by atomic mass is 9.83. The summed E-state index contributed by atoms with van der Waals surface area (Å²) in [5.41, 5.74) is 5.25. The maximum atomic E-state index is 13.2. The van der Waals surface area contributed by atoms with Gasteiger partial charge in [-0.1, -0.05) is 78.5 Å². The molecule has 44 heavy (non-hydrogen) atoms. The maximum absolute atomic E-state index is 13.2. The van der Waals surface area contributed by atoms with Gasteiger partial charge in [-0.15, -0.1) is 0 Å². The summed E-state index contributed by atoms with van der Waals surface area (Å²) >= 11 is 0. The maximum Gasteiger partial charge on any atom is 0.404 e. The number of aliphatic carboxylic acids is 1. The highest BCUT2D eigenvalue weighted by molar-refractivity contribution is 5.78. The predicted octanol–water partition coefficient (Wildman–Crippen LogP) is 1.94. The van der Waals surface area contributed by atoms with Crippen molar-refractivity contribution in [2.24, 2.45) is 47.2 Å². The molecule has 0 saturated carbocycles. The predicted molar refractivity (Wildman–Crippen MR) is 167 cm³/mol. The second-order valence-electron chi connectivity index (χ2n) is 12.3. The summed E-state index contributed by atoms with van der Waals surface area (Å²) in [6, 6.07) is 0. The summed E-state index contributed by atoms with van der Waals surface area (Å²) in [6.45, 7) is 15.2. The van der Waals surface area contributed by atoms with Gasteiger partial charge in [0.25, 0.3) is 0 Å². The van der Waals surface area contributed by atoms with Crippen molar-refractivity contribution < 1.29 is 49.8 Å². The van der Waals surface area contributed by atoms with Crippen LogP contribution in [-0.4, -0.2) is 104 Å². The fourth-order valence-corrected chi connectivity index (χ4v) is 5.27. The van der Waals surface area contributed by atoms with Crippen LogP contribution in [0.4, 0.5) is 4.79 Å². The van der Waals surface area contributed by atoms with E-state index in [0.717, 1.165) is 0 Å². The van der Waals surface area contributed by atoms with Crippen molar-refractivity contribution in [1.29, 1.82) is 0 Å². The van der Waals surface area contributed by atoms with Gasteiger partial charge in [0.2, 0.25) is 5.91 Å². The molecule has 8 N–H and O–H groups in total. The van der Waals surface area contributed by atoms with Crippen LogP contribution in [0.5, 0.6) is 0 Å². The molecule has 0 aromatic heterocycles. The highest BCUT2D eigenvalue weighted by Gasteiger charge is 2.37. The highest BCUT2D eigenvalue weighted by Crippen LogP contribution is 2.27. The smallest absolute Gasteiger partial charge is 0.404 e. The minimum absolute atomic E-state index is 0.135. The van der Waals surface area contributed by atoms with Gasteiger partial charge in [-0.2, -0.15) is 0 Å². The van der Waals surface area contributed by atoms with Crippen molar-refractivity contribution in [3.8, 4) is 0 Å². The van der Waals surface area contributed by atoms with Gasteiger partial charge < -0.3 is 46.0 Å². The molecule has 0 aliphatic carbocycles. The second-order valence-corrected chi connectivity index (χ2v) is 12.3. The van der Waals surface area contributed by atoms with Crippen molar-refractivity contribution in [3.63, 3.8) is 0 Å². The van der Waals surface area contributed by atoms with Crippen molar-refractivity contribution in [3.05, 3.63) is 37.0 Å². The van der Waals surface area contributed by atoms with E-state index in [1.807, 2.05) is 0 Å². The Labute approximate surface area is 261 Å². The van der Waals surface area contributed by atoms with E-state index >= 15 is 0 Å². The Morgan fingerprint density at radius 1 is 0.818 bits per heavy atom. The van der Waals surface area contributed by atoms with Gasteiger partial charge in [0.1, 0.15) is 6.10 Å². The molecule has 2 amide bonds. The van der Waals surface area contributed by atoms with Crippen molar-refractivity contribution in [2.75, 3.05) is 13.6 Å². The highest BCUT2D eigenvalue weighted by atomic mass is 16.6. The molecule has 0 radical (unpaired) electrons. The monoisotopic (exact) mass is 628 g/mol. The van der Waals surface area contributed by atoms with Crippen LogP contribution in [0.2, 0.25) is 0 Å². The molecule has 13 atom stereocenters. The first-order valence-electron chi connectivity index (χ1n) is 15.1. The summed E-state index contributed by atoms with van der Waals surface area (Å²) in [5.74, 6) is -6.05. The number of carbonyl (C=O) groups is 3. The third-order valence-electron chi connectivity index (χ3n) is 8.51. The molecule has 0 aromatic rings. The number of primary amides is 1. The number of carboxylic acid groups (broad SMARTS) is 1. The van der Waals surface area contributed by atoms with Gasteiger partial charge in [-0.3, -0.25) is 9.59 Å². The van der Waals surface area contributed by atoms with Crippen molar-refractivity contribution in [2.45, 2.75) is 91.5 Å². The molecule has 12 heteroatoms. The molecule has 0 bridgehead atoms. The SMILES string of the molecule is C=C/C=C/C(C)C(OC(N)=O)C(C)C(O)C(C)C(=O)N(C)CC(C)C(O)C(C)/C=C/C(O)CC(O)C(C)C(O)C(C)C(=O)O. The Balaban J connectivity index is 5.23. The number of carbonyl (C=O) groups excluding carboxylic acids is 2. The summed E-state index contributed by atoms with van der Waals surface area (Å²) in [5, 5.41) is 61.9. The summed E-state index contributed by atoms with van der Waals surface area (Å²) in [7, 11) is 1.57. The molecule has 0 heterocycles. The van der Waals surface area contributed by atoms with Crippen molar-refractivity contribution >= 4 is 18.0 Å². The number of ether oxygens (including phenoxy) is 1. The van der Waals surface area contributed by atoms with E-state index in [1.165, 1.54) is 24.8 Å². The number of rotatable bonds is 20. The van der Waals surface area contributed by atoms with Gasteiger partial charge in [0.05, 0.1) is 42.4 Å². The average molecular weight is 629 g/mol. The van der Waals surface area contributed by atoms with Crippen LogP contribution in [0.15, 0.2) is 37.0 Å². The third-order valence-corrected chi connectivity index (χ3v) is 8.51. The van der Waals surface area contributed by atoms with Crippen molar-refractivity contribution in [1.82, 2.24) is 4.90 Å². The zero-order chi connectivity index (χ0) is 34.5. The number of nitrogens with zero attached hydrogens (tertiary/aromatic N) is 1. The Morgan fingerprint density at radius 3 is 1.86 bits per heavy atom. The Bertz CT molecular complexity index is 973. The largest absolute Gasteiger partial charge is 0.481 e. The van der Waals surface area contributed by atoms with E-state index < -0.39 is 84.2 Å². The van der Waals surface area contributed by atoms with Gasteiger partial charge in [0, 0.05) is 49.6 Å².